The summed E-state index contributed by atoms with van der Waals surface area (Å²) in [5.74, 6) is -0.0259. The van der Waals surface area contributed by atoms with Crippen LogP contribution in [0.2, 0.25) is 5.02 Å². The van der Waals surface area contributed by atoms with Crippen LogP contribution < -0.4 is 4.90 Å². The van der Waals surface area contributed by atoms with Gasteiger partial charge in [-0.1, -0.05) is 11.6 Å². The summed E-state index contributed by atoms with van der Waals surface area (Å²) in [6.07, 6.45) is 8.11. The van der Waals surface area contributed by atoms with Gasteiger partial charge in [0, 0.05) is 36.4 Å². The third kappa shape index (κ3) is 2.69. The summed E-state index contributed by atoms with van der Waals surface area (Å²) in [5, 5.41) is 4.84. The standard InChI is InChI=1S/C20H19ClN4O/c1-20(2)18-8-15(21)4-5-17(18)19(26)25(20)16-7-13(9-22-11-16)6-14-10-23-24(3)12-14/h4-5,7-12H,6H2,1-3H3. The molecule has 6 heteroatoms. The van der Waals surface area contributed by atoms with Gasteiger partial charge in [-0.25, -0.2) is 0 Å². The van der Waals surface area contributed by atoms with Crippen LogP contribution in [0.5, 0.6) is 0 Å². The predicted octanol–water partition coefficient (Wildman–Crippen LogP) is 3.95. The van der Waals surface area contributed by atoms with Crippen LogP contribution in [0.4, 0.5) is 5.69 Å². The van der Waals surface area contributed by atoms with Gasteiger partial charge in [0.2, 0.25) is 0 Å². The zero-order valence-corrected chi connectivity index (χ0v) is 15.7. The van der Waals surface area contributed by atoms with Gasteiger partial charge in [0.25, 0.3) is 5.91 Å². The van der Waals surface area contributed by atoms with Crippen molar-refractivity contribution in [2.75, 3.05) is 4.90 Å². The Morgan fingerprint density at radius 2 is 1.92 bits per heavy atom. The van der Waals surface area contributed by atoms with Crippen LogP contribution in [0, 0.1) is 0 Å². The molecule has 3 aromatic rings. The van der Waals surface area contributed by atoms with Gasteiger partial charge in [-0.15, -0.1) is 0 Å². The maximum absolute atomic E-state index is 13.0. The molecule has 1 aliphatic heterocycles. The Hall–Kier alpha value is -2.66. The van der Waals surface area contributed by atoms with Gasteiger partial charge >= 0.3 is 0 Å². The number of carbonyl (C=O) groups excluding carboxylic acids is 1. The lowest BCUT2D eigenvalue weighted by molar-refractivity contribution is 0.0982. The maximum Gasteiger partial charge on any atom is 0.259 e. The molecule has 3 heterocycles. The molecule has 0 bridgehead atoms. The number of anilines is 1. The highest BCUT2D eigenvalue weighted by Crippen LogP contribution is 2.42. The molecule has 0 saturated carbocycles. The van der Waals surface area contributed by atoms with E-state index in [9.17, 15) is 4.79 Å². The minimum atomic E-state index is -0.494. The van der Waals surface area contributed by atoms with Crippen LogP contribution in [0.25, 0.3) is 0 Å². The second-order valence-electron chi connectivity index (χ2n) is 7.14. The van der Waals surface area contributed by atoms with Crippen molar-refractivity contribution in [3.05, 3.63) is 76.3 Å². The van der Waals surface area contributed by atoms with Crippen LogP contribution in [0.3, 0.4) is 0 Å². The lowest BCUT2D eigenvalue weighted by Crippen LogP contribution is -2.39. The monoisotopic (exact) mass is 366 g/mol. The zero-order chi connectivity index (χ0) is 18.5. The minimum absolute atomic E-state index is 0.0259. The number of fused-ring (bicyclic) bond motifs is 1. The van der Waals surface area contributed by atoms with E-state index < -0.39 is 5.54 Å². The molecule has 0 saturated heterocycles. The number of hydrogen-bond acceptors (Lipinski definition) is 3. The molecule has 0 atom stereocenters. The second-order valence-corrected chi connectivity index (χ2v) is 7.58. The van der Waals surface area contributed by atoms with E-state index in [1.54, 1.807) is 27.9 Å². The quantitative estimate of drug-likeness (QED) is 0.705. The largest absolute Gasteiger partial charge is 0.297 e. The molecule has 1 aromatic carbocycles. The molecule has 0 spiro atoms. The van der Waals surface area contributed by atoms with E-state index in [4.69, 9.17) is 11.6 Å². The summed E-state index contributed by atoms with van der Waals surface area (Å²) in [7, 11) is 1.89. The highest BCUT2D eigenvalue weighted by molar-refractivity contribution is 6.31. The number of carbonyl (C=O) groups is 1. The molecule has 0 N–H and O–H groups in total. The van der Waals surface area contributed by atoms with Crippen molar-refractivity contribution in [2.24, 2.45) is 7.05 Å². The number of rotatable bonds is 3. The Kier molecular flexibility index (Phi) is 3.84. The van der Waals surface area contributed by atoms with E-state index in [1.165, 1.54) is 0 Å². The van der Waals surface area contributed by atoms with Crippen molar-refractivity contribution >= 4 is 23.2 Å². The molecule has 132 valence electrons. The average Bonchev–Trinajstić information content (AvgIpc) is 3.07. The van der Waals surface area contributed by atoms with Gasteiger partial charge in [-0.05, 0) is 54.8 Å². The lowest BCUT2D eigenvalue weighted by atomic mass is 9.93. The summed E-state index contributed by atoms with van der Waals surface area (Å²) in [4.78, 5) is 19.2. The number of aryl methyl sites for hydroxylation is 1. The van der Waals surface area contributed by atoms with E-state index in [2.05, 4.69) is 10.1 Å². The van der Waals surface area contributed by atoms with Gasteiger partial charge in [-0.2, -0.15) is 5.10 Å². The molecule has 2 aromatic heterocycles. The fourth-order valence-corrected chi connectivity index (χ4v) is 3.81. The molecule has 0 fully saturated rings. The SMILES string of the molecule is Cn1cc(Cc2cncc(N3C(=O)c4ccc(Cl)cc4C3(C)C)c2)cn1. The van der Waals surface area contributed by atoms with Crippen molar-refractivity contribution in [3.8, 4) is 0 Å². The van der Waals surface area contributed by atoms with E-state index in [-0.39, 0.29) is 5.91 Å². The summed E-state index contributed by atoms with van der Waals surface area (Å²) in [6.45, 7) is 4.06. The number of halogens is 1. The van der Waals surface area contributed by atoms with Crippen molar-refractivity contribution in [1.82, 2.24) is 14.8 Å². The van der Waals surface area contributed by atoms with Gasteiger partial charge in [0.05, 0.1) is 23.6 Å². The molecule has 5 nitrogen and oxygen atoms in total. The minimum Gasteiger partial charge on any atom is -0.297 e. The first-order valence-corrected chi connectivity index (χ1v) is 8.80. The van der Waals surface area contributed by atoms with E-state index in [0.29, 0.717) is 10.6 Å². The van der Waals surface area contributed by atoms with Crippen molar-refractivity contribution in [3.63, 3.8) is 0 Å². The van der Waals surface area contributed by atoms with Crippen molar-refractivity contribution < 1.29 is 4.79 Å². The maximum atomic E-state index is 13.0. The molecule has 4 rings (SSSR count). The summed E-state index contributed by atoms with van der Waals surface area (Å²) in [5.41, 5.74) is 4.06. The third-order valence-corrected chi connectivity index (χ3v) is 5.07. The number of benzene rings is 1. The Balaban J connectivity index is 1.72. The smallest absolute Gasteiger partial charge is 0.259 e. The van der Waals surface area contributed by atoms with Crippen LogP contribution >= 0.6 is 11.6 Å². The highest BCUT2D eigenvalue weighted by atomic mass is 35.5. The Labute approximate surface area is 157 Å². The van der Waals surface area contributed by atoms with E-state index in [0.717, 1.165) is 28.8 Å². The van der Waals surface area contributed by atoms with Gasteiger partial charge in [0.15, 0.2) is 0 Å². The number of pyridine rings is 1. The fourth-order valence-electron chi connectivity index (χ4n) is 3.64. The Bertz CT molecular complexity index is 1010. The van der Waals surface area contributed by atoms with Gasteiger partial charge in [0.1, 0.15) is 0 Å². The molecular formula is C20H19ClN4O. The van der Waals surface area contributed by atoms with Crippen LogP contribution in [0.1, 0.15) is 40.9 Å². The summed E-state index contributed by atoms with van der Waals surface area (Å²) in [6, 6.07) is 7.46. The van der Waals surface area contributed by atoms with E-state index >= 15 is 0 Å². The molecule has 0 radical (unpaired) electrons. The Morgan fingerprint density at radius 1 is 1.12 bits per heavy atom. The first-order valence-electron chi connectivity index (χ1n) is 8.42. The summed E-state index contributed by atoms with van der Waals surface area (Å²) >= 11 is 6.16. The molecule has 0 aliphatic carbocycles. The predicted molar refractivity (Wildman–Crippen MR) is 102 cm³/mol. The number of aromatic nitrogens is 3. The van der Waals surface area contributed by atoms with Crippen LogP contribution in [0.15, 0.2) is 49.1 Å². The van der Waals surface area contributed by atoms with Crippen LogP contribution in [-0.2, 0) is 19.0 Å². The van der Waals surface area contributed by atoms with E-state index in [1.807, 2.05) is 51.6 Å². The summed E-state index contributed by atoms with van der Waals surface area (Å²) < 4.78 is 1.78. The highest BCUT2D eigenvalue weighted by Gasteiger charge is 2.44. The Morgan fingerprint density at radius 3 is 2.65 bits per heavy atom. The van der Waals surface area contributed by atoms with Gasteiger partial charge < -0.3 is 0 Å². The lowest BCUT2D eigenvalue weighted by Gasteiger charge is -2.32. The first-order chi connectivity index (χ1) is 12.4. The average molecular weight is 367 g/mol. The molecule has 0 unspecified atom stereocenters. The van der Waals surface area contributed by atoms with Crippen molar-refractivity contribution in [1.29, 1.82) is 0 Å². The molecule has 26 heavy (non-hydrogen) atoms. The number of hydrogen-bond donors (Lipinski definition) is 0. The normalized spacial score (nSPS) is 15.4. The van der Waals surface area contributed by atoms with Crippen LogP contribution in [-0.4, -0.2) is 20.7 Å². The molecule has 1 aliphatic rings. The van der Waals surface area contributed by atoms with Crippen molar-refractivity contribution in [2.45, 2.75) is 25.8 Å². The second kappa shape index (κ2) is 5.95. The topological polar surface area (TPSA) is 51.0 Å². The molecular weight excluding hydrogens is 348 g/mol. The molecule has 1 amide bonds. The zero-order valence-electron chi connectivity index (χ0n) is 14.9. The number of amides is 1. The first kappa shape index (κ1) is 16.8. The third-order valence-electron chi connectivity index (χ3n) is 4.84. The fraction of sp³-hybridized carbons (Fsp3) is 0.250. The number of nitrogens with zero attached hydrogens (tertiary/aromatic N) is 4. The van der Waals surface area contributed by atoms with Gasteiger partial charge in [-0.3, -0.25) is 19.4 Å².